The van der Waals surface area contributed by atoms with E-state index in [1.54, 1.807) is 35.0 Å². The lowest BCUT2D eigenvalue weighted by molar-refractivity contribution is 0.0699. The van der Waals surface area contributed by atoms with Gasteiger partial charge in [0.2, 0.25) is 0 Å². The van der Waals surface area contributed by atoms with E-state index in [0.717, 1.165) is 29.6 Å². The molecule has 0 unspecified atom stereocenters. The topological polar surface area (TPSA) is 111 Å². The molecule has 2 fully saturated rings. The fourth-order valence-corrected chi connectivity index (χ4v) is 4.91. The first-order valence-electron chi connectivity index (χ1n) is 12.4. The number of hydrogen-bond donors (Lipinski definition) is 1. The highest BCUT2D eigenvalue weighted by Gasteiger charge is 2.32. The standard InChI is InChI=1S/C26H28N8O2/c1-16-23-20(13-21(17-6-7-17)30-24(23)34(31-16)22-5-3-4-10-27-22)26(36)33-11-8-19(9-12-33)29-25(35)18-14-28-32(2)15-18/h3-5,10,13-15,17,19H,6-9,11-12H2,1-2H3,(H,29,35). The maximum absolute atomic E-state index is 13.8. The SMILES string of the molecule is Cc1nn(-c2ccccn2)c2nc(C3CC3)cc(C(=O)N3CCC(NC(=O)c4cnn(C)c4)CC3)c12. The fourth-order valence-electron chi connectivity index (χ4n) is 4.91. The fraction of sp³-hybridized carbons (Fsp3) is 0.385. The second kappa shape index (κ2) is 8.85. The number of nitrogens with zero attached hydrogens (tertiary/aromatic N) is 7. The van der Waals surface area contributed by atoms with Crippen LogP contribution in [-0.2, 0) is 7.05 Å². The number of amides is 2. The van der Waals surface area contributed by atoms with E-state index in [0.29, 0.717) is 54.4 Å². The Hall–Kier alpha value is -4.08. The monoisotopic (exact) mass is 484 g/mol. The van der Waals surface area contributed by atoms with Gasteiger partial charge in [-0.2, -0.15) is 14.9 Å². The van der Waals surface area contributed by atoms with Gasteiger partial charge in [-0.3, -0.25) is 14.3 Å². The highest BCUT2D eigenvalue weighted by molar-refractivity contribution is 6.07. The number of aryl methyl sites for hydroxylation is 2. The summed E-state index contributed by atoms with van der Waals surface area (Å²) in [6.45, 7) is 3.07. The first-order valence-corrected chi connectivity index (χ1v) is 12.4. The highest BCUT2D eigenvalue weighted by atomic mass is 16.2. The van der Waals surface area contributed by atoms with Gasteiger partial charge >= 0.3 is 0 Å². The largest absolute Gasteiger partial charge is 0.349 e. The van der Waals surface area contributed by atoms with Crippen molar-refractivity contribution in [2.75, 3.05) is 13.1 Å². The molecule has 10 nitrogen and oxygen atoms in total. The van der Waals surface area contributed by atoms with Crippen LogP contribution in [0, 0.1) is 6.92 Å². The number of nitrogens with one attached hydrogen (secondary N) is 1. The number of hydrogen-bond acceptors (Lipinski definition) is 6. The van der Waals surface area contributed by atoms with Crippen LogP contribution in [0.25, 0.3) is 16.9 Å². The van der Waals surface area contributed by atoms with E-state index in [9.17, 15) is 9.59 Å². The maximum atomic E-state index is 13.8. The second-order valence-corrected chi connectivity index (χ2v) is 9.70. The molecule has 1 aliphatic carbocycles. The van der Waals surface area contributed by atoms with Crippen molar-refractivity contribution in [1.29, 1.82) is 0 Å². The number of fused-ring (bicyclic) bond motifs is 1. The van der Waals surface area contributed by atoms with Crippen LogP contribution in [0.2, 0.25) is 0 Å². The maximum Gasteiger partial charge on any atom is 0.254 e. The van der Waals surface area contributed by atoms with Gasteiger partial charge in [0, 0.05) is 50.2 Å². The van der Waals surface area contributed by atoms with E-state index in [1.165, 1.54) is 0 Å². The Balaban J connectivity index is 1.25. The molecule has 1 aliphatic heterocycles. The van der Waals surface area contributed by atoms with E-state index in [2.05, 4.69) is 15.4 Å². The third kappa shape index (κ3) is 4.12. The molecule has 4 aromatic rings. The molecule has 0 atom stereocenters. The third-order valence-electron chi connectivity index (χ3n) is 7.01. The molecule has 6 rings (SSSR count). The normalized spacial score (nSPS) is 16.4. The zero-order valence-electron chi connectivity index (χ0n) is 20.4. The summed E-state index contributed by atoms with van der Waals surface area (Å²) in [6.07, 6.45) is 8.57. The van der Waals surface area contributed by atoms with Crippen molar-refractivity contribution in [3.05, 3.63) is 65.4 Å². The van der Waals surface area contributed by atoms with Gasteiger partial charge in [-0.05, 0) is 50.8 Å². The summed E-state index contributed by atoms with van der Waals surface area (Å²) in [5.41, 5.74) is 3.58. The summed E-state index contributed by atoms with van der Waals surface area (Å²) in [6, 6.07) is 7.66. The Morgan fingerprint density at radius 2 is 1.92 bits per heavy atom. The average Bonchev–Trinajstić information content (AvgIpc) is 3.58. The van der Waals surface area contributed by atoms with Gasteiger partial charge in [0.15, 0.2) is 11.5 Å². The Morgan fingerprint density at radius 1 is 1.11 bits per heavy atom. The molecule has 2 amide bonds. The zero-order valence-corrected chi connectivity index (χ0v) is 20.4. The molecule has 1 saturated heterocycles. The van der Waals surface area contributed by atoms with Gasteiger partial charge < -0.3 is 10.2 Å². The first kappa shape index (κ1) is 22.4. The van der Waals surface area contributed by atoms with Gasteiger partial charge in [0.05, 0.1) is 28.4 Å². The lowest BCUT2D eigenvalue weighted by Gasteiger charge is -2.32. The van der Waals surface area contributed by atoms with Crippen LogP contribution in [0.15, 0.2) is 42.9 Å². The summed E-state index contributed by atoms with van der Waals surface area (Å²) < 4.78 is 3.35. The molecule has 0 aromatic carbocycles. The molecule has 0 bridgehead atoms. The minimum atomic E-state index is -0.129. The van der Waals surface area contributed by atoms with E-state index in [1.807, 2.05) is 36.1 Å². The van der Waals surface area contributed by atoms with E-state index >= 15 is 0 Å². The molecule has 1 saturated carbocycles. The molecule has 36 heavy (non-hydrogen) atoms. The number of carbonyl (C=O) groups is 2. The van der Waals surface area contributed by atoms with Crippen LogP contribution >= 0.6 is 0 Å². The first-order chi connectivity index (χ1) is 17.5. The van der Waals surface area contributed by atoms with Crippen LogP contribution < -0.4 is 5.32 Å². The van der Waals surface area contributed by atoms with Crippen molar-refractivity contribution in [1.82, 2.24) is 39.7 Å². The van der Waals surface area contributed by atoms with Gasteiger partial charge in [-0.1, -0.05) is 6.07 Å². The number of aromatic nitrogens is 6. The van der Waals surface area contributed by atoms with Crippen molar-refractivity contribution in [2.45, 2.75) is 44.6 Å². The average molecular weight is 485 g/mol. The molecular formula is C26H28N8O2. The molecule has 1 N–H and O–H groups in total. The second-order valence-electron chi connectivity index (χ2n) is 9.70. The van der Waals surface area contributed by atoms with E-state index < -0.39 is 0 Å². The third-order valence-corrected chi connectivity index (χ3v) is 7.01. The minimum Gasteiger partial charge on any atom is -0.349 e. The number of pyridine rings is 2. The Kier molecular flexibility index (Phi) is 5.50. The van der Waals surface area contributed by atoms with Gasteiger partial charge in [-0.25, -0.2) is 9.97 Å². The molecule has 0 spiro atoms. The van der Waals surface area contributed by atoms with Crippen LogP contribution in [0.3, 0.4) is 0 Å². The van der Waals surface area contributed by atoms with Crippen LogP contribution in [-0.4, -0.2) is 65.4 Å². The van der Waals surface area contributed by atoms with Crippen molar-refractivity contribution < 1.29 is 9.59 Å². The minimum absolute atomic E-state index is 0.00925. The van der Waals surface area contributed by atoms with E-state index in [-0.39, 0.29) is 17.9 Å². The summed E-state index contributed by atoms with van der Waals surface area (Å²) >= 11 is 0. The van der Waals surface area contributed by atoms with Gasteiger partial charge in [-0.15, -0.1) is 0 Å². The van der Waals surface area contributed by atoms with Crippen molar-refractivity contribution in [3.63, 3.8) is 0 Å². The Morgan fingerprint density at radius 3 is 2.58 bits per heavy atom. The van der Waals surface area contributed by atoms with E-state index in [4.69, 9.17) is 10.1 Å². The van der Waals surface area contributed by atoms with Crippen LogP contribution in [0.4, 0.5) is 0 Å². The highest BCUT2D eigenvalue weighted by Crippen LogP contribution is 2.41. The van der Waals surface area contributed by atoms with Crippen molar-refractivity contribution >= 4 is 22.8 Å². The van der Waals surface area contributed by atoms with Crippen LogP contribution in [0.1, 0.15) is 63.7 Å². The predicted octanol–water partition coefficient (Wildman–Crippen LogP) is 2.77. The summed E-state index contributed by atoms with van der Waals surface area (Å²) in [5.74, 6) is 0.932. The molecule has 184 valence electrons. The summed E-state index contributed by atoms with van der Waals surface area (Å²) in [7, 11) is 1.79. The van der Waals surface area contributed by atoms with Crippen LogP contribution in [0.5, 0.6) is 0 Å². The molecule has 5 heterocycles. The molecule has 0 radical (unpaired) electrons. The Labute approximate surface area is 208 Å². The quantitative estimate of drug-likeness (QED) is 0.466. The van der Waals surface area contributed by atoms with Crippen molar-refractivity contribution in [3.8, 4) is 5.82 Å². The molecule has 10 heteroatoms. The molecule has 4 aromatic heterocycles. The number of piperidine rings is 1. The number of rotatable bonds is 5. The summed E-state index contributed by atoms with van der Waals surface area (Å²) in [5, 5.41) is 12.6. The smallest absolute Gasteiger partial charge is 0.254 e. The molecular weight excluding hydrogens is 456 g/mol. The van der Waals surface area contributed by atoms with Gasteiger partial charge in [0.1, 0.15) is 0 Å². The molecule has 2 aliphatic rings. The number of likely N-dealkylation sites (tertiary alicyclic amines) is 1. The number of carbonyl (C=O) groups excluding carboxylic acids is 2. The zero-order chi connectivity index (χ0) is 24.8. The summed E-state index contributed by atoms with van der Waals surface area (Å²) in [4.78, 5) is 37.6. The lowest BCUT2D eigenvalue weighted by Crippen LogP contribution is -2.46. The van der Waals surface area contributed by atoms with Gasteiger partial charge in [0.25, 0.3) is 11.8 Å². The lowest BCUT2D eigenvalue weighted by atomic mass is 10.0. The van der Waals surface area contributed by atoms with Crippen molar-refractivity contribution in [2.24, 2.45) is 7.05 Å². The Bertz CT molecular complexity index is 1450. The predicted molar refractivity (Wildman–Crippen MR) is 133 cm³/mol.